The zero-order valence-electron chi connectivity index (χ0n) is 20.6. The highest BCUT2D eigenvalue weighted by Gasteiger charge is 2.24. The van der Waals surface area contributed by atoms with Gasteiger partial charge in [-0.15, -0.1) is 11.3 Å². The van der Waals surface area contributed by atoms with Crippen LogP contribution in [0.3, 0.4) is 0 Å². The molecule has 1 amide bonds. The van der Waals surface area contributed by atoms with Crippen LogP contribution in [0.1, 0.15) is 30.0 Å². The second kappa shape index (κ2) is 11.2. The molecule has 0 aliphatic heterocycles. The normalized spacial score (nSPS) is 10.7. The first kappa shape index (κ1) is 24.5. The van der Waals surface area contributed by atoms with Crippen molar-refractivity contribution < 1.29 is 14.3 Å². The topological polar surface area (TPSA) is 51.7 Å². The molecule has 4 aromatic rings. The summed E-state index contributed by atoms with van der Waals surface area (Å²) >= 11 is 1.44. The van der Waals surface area contributed by atoms with Gasteiger partial charge in [0, 0.05) is 10.9 Å². The van der Waals surface area contributed by atoms with Crippen LogP contribution in [0.5, 0.6) is 11.5 Å². The first-order chi connectivity index (χ1) is 17.0. The van der Waals surface area contributed by atoms with Crippen LogP contribution in [0.4, 0.5) is 10.8 Å². The Balaban J connectivity index is 1.64. The number of ether oxygens (including phenoxy) is 2. The quantitative estimate of drug-likeness (QED) is 0.250. The maximum Gasteiger partial charge on any atom is 0.271 e. The number of para-hydroxylation sites is 2. The molecule has 0 saturated heterocycles. The van der Waals surface area contributed by atoms with E-state index in [9.17, 15) is 4.79 Å². The number of anilines is 2. The molecular weight excluding hydrogens is 456 g/mol. The predicted octanol–water partition coefficient (Wildman–Crippen LogP) is 7.27. The highest BCUT2D eigenvalue weighted by molar-refractivity contribution is 7.14. The van der Waals surface area contributed by atoms with Gasteiger partial charge >= 0.3 is 0 Å². The lowest BCUT2D eigenvalue weighted by molar-refractivity contribution is -0.119. The Labute approximate surface area is 211 Å². The average Bonchev–Trinajstić information content (AvgIpc) is 3.34. The van der Waals surface area contributed by atoms with Crippen molar-refractivity contribution in [3.05, 3.63) is 88.8 Å². The van der Waals surface area contributed by atoms with E-state index in [2.05, 4.69) is 31.2 Å². The van der Waals surface area contributed by atoms with Crippen LogP contribution in [0.2, 0.25) is 0 Å². The Kier molecular flexibility index (Phi) is 7.83. The van der Waals surface area contributed by atoms with Crippen LogP contribution >= 0.6 is 11.3 Å². The van der Waals surface area contributed by atoms with Crippen LogP contribution in [0, 0.1) is 20.8 Å². The van der Waals surface area contributed by atoms with Crippen molar-refractivity contribution in [1.29, 1.82) is 0 Å². The van der Waals surface area contributed by atoms with E-state index in [0.29, 0.717) is 23.2 Å². The molecule has 0 aliphatic rings. The fraction of sp³-hybridized carbons (Fsp3) is 0.241. The van der Waals surface area contributed by atoms with Crippen LogP contribution in [-0.4, -0.2) is 24.1 Å². The van der Waals surface area contributed by atoms with Crippen LogP contribution in [0.15, 0.2) is 72.1 Å². The van der Waals surface area contributed by atoms with Gasteiger partial charge in [0.15, 0.2) is 23.2 Å². The third kappa shape index (κ3) is 5.89. The Hall–Kier alpha value is -3.64. The minimum atomic E-state index is -0.200. The van der Waals surface area contributed by atoms with Gasteiger partial charge in [-0.1, -0.05) is 61.0 Å². The van der Waals surface area contributed by atoms with Crippen molar-refractivity contribution >= 4 is 28.1 Å². The number of aryl methyl sites for hydroxylation is 3. The summed E-state index contributed by atoms with van der Waals surface area (Å²) in [6.07, 6.45) is 0.890. The van der Waals surface area contributed by atoms with Gasteiger partial charge in [-0.3, -0.25) is 9.69 Å². The van der Waals surface area contributed by atoms with Crippen LogP contribution in [-0.2, 0) is 4.79 Å². The molecule has 0 atom stereocenters. The molecule has 0 unspecified atom stereocenters. The fourth-order valence-corrected chi connectivity index (χ4v) is 4.50. The Morgan fingerprint density at radius 1 is 0.914 bits per heavy atom. The first-order valence-electron chi connectivity index (χ1n) is 11.7. The van der Waals surface area contributed by atoms with Gasteiger partial charge in [0.25, 0.3) is 5.91 Å². The summed E-state index contributed by atoms with van der Waals surface area (Å²) in [4.78, 5) is 20.1. The van der Waals surface area contributed by atoms with E-state index >= 15 is 0 Å². The second-order valence-electron chi connectivity index (χ2n) is 8.48. The highest BCUT2D eigenvalue weighted by atomic mass is 32.1. The summed E-state index contributed by atoms with van der Waals surface area (Å²) in [7, 11) is 0. The standard InChI is InChI=1S/C29H30N2O3S/c1-5-16-33-26-8-6-7-9-27(26)34-18-28(32)31(25-17-21(3)10-13-22(25)4)29-30-24(19-35-29)23-14-11-20(2)12-15-23/h6-15,17,19H,5,16,18H2,1-4H3. The van der Waals surface area contributed by atoms with E-state index in [-0.39, 0.29) is 12.5 Å². The lowest BCUT2D eigenvalue weighted by atomic mass is 10.1. The summed E-state index contributed by atoms with van der Waals surface area (Å²) in [5.74, 6) is 0.986. The molecule has 4 rings (SSSR count). The zero-order valence-corrected chi connectivity index (χ0v) is 21.4. The molecule has 0 fully saturated rings. The van der Waals surface area contributed by atoms with E-state index in [1.165, 1.54) is 16.9 Å². The summed E-state index contributed by atoms with van der Waals surface area (Å²) < 4.78 is 11.7. The third-order valence-corrected chi connectivity index (χ3v) is 6.37. The number of hydrogen-bond donors (Lipinski definition) is 0. The van der Waals surface area contributed by atoms with Crippen molar-refractivity contribution in [2.24, 2.45) is 0 Å². The minimum absolute atomic E-state index is 0.140. The van der Waals surface area contributed by atoms with Crippen molar-refractivity contribution in [3.63, 3.8) is 0 Å². The smallest absolute Gasteiger partial charge is 0.271 e. The molecule has 1 heterocycles. The van der Waals surface area contributed by atoms with Gasteiger partial charge in [0.1, 0.15) is 0 Å². The molecule has 180 valence electrons. The van der Waals surface area contributed by atoms with Crippen molar-refractivity contribution in [2.45, 2.75) is 34.1 Å². The van der Waals surface area contributed by atoms with Gasteiger partial charge in [0.05, 0.1) is 18.0 Å². The number of hydrogen-bond acceptors (Lipinski definition) is 5. The molecule has 3 aromatic carbocycles. The SMILES string of the molecule is CCCOc1ccccc1OCC(=O)N(c1nc(-c2ccc(C)cc2)cs1)c1cc(C)ccc1C. The van der Waals surface area contributed by atoms with Crippen LogP contribution < -0.4 is 14.4 Å². The number of thiazole rings is 1. The van der Waals surface area contributed by atoms with Gasteiger partial charge in [-0.25, -0.2) is 4.98 Å². The first-order valence-corrected chi connectivity index (χ1v) is 12.6. The largest absolute Gasteiger partial charge is 0.490 e. The summed E-state index contributed by atoms with van der Waals surface area (Å²) in [5.41, 5.74) is 5.91. The van der Waals surface area contributed by atoms with Gasteiger partial charge < -0.3 is 9.47 Å². The molecule has 0 aliphatic carbocycles. The van der Waals surface area contributed by atoms with E-state index in [1.807, 2.05) is 68.6 Å². The number of carbonyl (C=O) groups is 1. The van der Waals surface area contributed by atoms with Gasteiger partial charge in [-0.05, 0) is 56.5 Å². The van der Waals surface area contributed by atoms with Crippen LogP contribution in [0.25, 0.3) is 11.3 Å². The highest BCUT2D eigenvalue weighted by Crippen LogP contribution is 2.35. The summed E-state index contributed by atoms with van der Waals surface area (Å²) in [5, 5.41) is 2.60. The summed E-state index contributed by atoms with van der Waals surface area (Å²) in [6.45, 7) is 8.57. The number of amides is 1. The molecule has 35 heavy (non-hydrogen) atoms. The van der Waals surface area contributed by atoms with Gasteiger partial charge in [-0.2, -0.15) is 0 Å². The van der Waals surface area contributed by atoms with E-state index < -0.39 is 0 Å². The molecule has 6 heteroatoms. The molecule has 0 N–H and O–H groups in total. The van der Waals surface area contributed by atoms with E-state index in [1.54, 1.807) is 4.90 Å². The molecular formula is C29H30N2O3S. The number of rotatable bonds is 9. The average molecular weight is 487 g/mol. The fourth-order valence-electron chi connectivity index (χ4n) is 3.63. The number of nitrogens with zero attached hydrogens (tertiary/aromatic N) is 2. The predicted molar refractivity (Wildman–Crippen MR) is 143 cm³/mol. The van der Waals surface area contributed by atoms with Crippen molar-refractivity contribution in [2.75, 3.05) is 18.1 Å². The number of carbonyl (C=O) groups excluding carboxylic acids is 1. The molecule has 0 saturated carbocycles. The van der Waals surface area contributed by atoms with E-state index in [4.69, 9.17) is 14.5 Å². The maximum absolute atomic E-state index is 13.6. The molecule has 0 bridgehead atoms. The number of aromatic nitrogens is 1. The molecule has 1 aromatic heterocycles. The minimum Gasteiger partial charge on any atom is -0.490 e. The lowest BCUT2D eigenvalue weighted by Gasteiger charge is -2.23. The Bertz CT molecular complexity index is 1300. The van der Waals surface area contributed by atoms with Crippen molar-refractivity contribution in [3.8, 4) is 22.8 Å². The van der Waals surface area contributed by atoms with Crippen molar-refractivity contribution in [1.82, 2.24) is 4.98 Å². The van der Waals surface area contributed by atoms with Gasteiger partial charge in [0.2, 0.25) is 0 Å². The molecule has 0 spiro atoms. The number of benzene rings is 3. The Morgan fingerprint density at radius 3 is 2.31 bits per heavy atom. The maximum atomic E-state index is 13.6. The lowest BCUT2D eigenvalue weighted by Crippen LogP contribution is -2.31. The third-order valence-electron chi connectivity index (χ3n) is 5.55. The Morgan fingerprint density at radius 2 is 1.60 bits per heavy atom. The monoisotopic (exact) mass is 486 g/mol. The zero-order chi connectivity index (χ0) is 24.8. The summed E-state index contributed by atoms with van der Waals surface area (Å²) in [6, 6.07) is 21.7. The second-order valence-corrected chi connectivity index (χ2v) is 9.32. The molecule has 5 nitrogen and oxygen atoms in total. The van der Waals surface area contributed by atoms with E-state index in [0.717, 1.165) is 34.5 Å². The molecule has 0 radical (unpaired) electrons.